The summed E-state index contributed by atoms with van der Waals surface area (Å²) in [5.74, 6) is -0.863. The van der Waals surface area contributed by atoms with E-state index in [9.17, 15) is 14.1 Å². The minimum Gasteiger partial charge on any atom is -0.478 e. The molecule has 132 valence electrons. The fraction of sp³-hybridized carbons (Fsp3) is 0. The minimum absolute atomic E-state index is 0.00271. The van der Waals surface area contributed by atoms with Gasteiger partial charge in [0.1, 0.15) is 28.0 Å². The number of carboxylic acid groups (broad SMARTS) is 1. The highest BCUT2D eigenvalue weighted by molar-refractivity contribution is 7.86. The molecule has 0 radical (unpaired) electrons. The third-order valence-electron chi connectivity index (χ3n) is 3.33. The van der Waals surface area contributed by atoms with E-state index >= 15 is 0 Å². The molecule has 3 rings (SSSR count). The maximum atomic E-state index is 12.5. The molecule has 0 aliphatic heterocycles. The highest BCUT2D eigenvalue weighted by atomic mass is 35.5. The van der Waals surface area contributed by atoms with Crippen LogP contribution >= 0.6 is 11.6 Å². The number of hydrogen-bond donors (Lipinski definition) is 2. The van der Waals surface area contributed by atoms with Gasteiger partial charge in [-0.25, -0.2) is 14.0 Å². The van der Waals surface area contributed by atoms with Gasteiger partial charge in [-0.3, -0.25) is 4.72 Å². The van der Waals surface area contributed by atoms with Crippen LogP contribution in [0.15, 0.2) is 71.8 Å². The van der Waals surface area contributed by atoms with E-state index in [1.165, 1.54) is 18.3 Å². The number of para-hydroxylation sites is 1. The van der Waals surface area contributed by atoms with Crippen LogP contribution in [-0.4, -0.2) is 20.3 Å². The van der Waals surface area contributed by atoms with Gasteiger partial charge in [-0.15, -0.1) is 0 Å². The standard InChI is InChI=1S/C18H13ClN2O4S/c19-12-7-9-13(10-8-12)26(24)21-15-5-3-11-20-17(15)25-16-6-2-1-4-14(16)18(22)23/h1-11,21H,(H,22,23). The second kappa shape index (κ2) is 7.99. The third kappa shape index (κ3) is 4.19. The van der Waals surface area contributed by atoms with E-state index in [1.54, 1.807) is 48.5 Å². The van der Waals surface area contributed by atoms with Gasteiger partial charge in [-0.05, 0) is 48.5 Å². The van der Waals surface area contributed by atoms with Gasteiger partial charge in [0.15, 0.2) is 0 Å². The summed E-state index contributed by atoms with van der Waals surface area (Å²) in [5, 5.41) is 9.80. The number of carbonyl (C=O) groups is 1. The molecule has 1 unspecified atom stereocenters. The molecule has 1 aromatic heterocycles. The molecule has 0 spiro atoms. The van der Waals surface area contributed by atoms with E-state index < -0.39 is 17.0 Å². The summed E-state index contributed by atoms with van der Waals surface area (Å²) in [7, 11) is -1.57. The summed E-state index contributed by atoms with van der Waals surface area (Å²) in [5.41, 5.74) is 0.365. The average Bonchev–Trinajstić information content (AvgIpc) is 2.64. The summed E-state index contributed by atoms with van der Waals surface area (Å²) < 4.78 is 20.9. The molecular weight excluding hydrogens is 376 g/mol. The van der Waals surface area contributed by atoms with Gasteiger partial charge in [-0.1, -0.05) is 23.7 Å². The van der Waals surface area contributed by atoms with Crippen molar-refractivity contribution in [3.8, 4) is 11.6 Å². The number of aromatic nitrogens is 1. The molecule has 26 heavy (non-hydrogen) atoms. The number of ether oxygens (including phenoxy) is 1. The molecule has 2 aromatic carbocycles. The average molecular weight is 389 g/mol. The summed E-state index contributed by atoms with van der Waals surface area (Å²) in [6, 6.07) is 16.1. The van der Waals surface area contributed by atoms with Gasteiger partial charge in [-0.2, -0.15) is 0 Å². The van der Waals surface area contributed by atoms with Crippen LogP contribution in [-0.2, 0) is 11.0 Å². The lowest BCUT2D eigenvalue weighted by Gasteiger charge is -2.12. The van der Waals surface area contributed by atoms with Crippen LogP contribution in [0, 0.1) is 0 Å². The van der Waals surface area contributed by atoms with Crippen LogP contribution in [0.3, 0.4) is 0 Å². The van der Waals surface area contributed by atoms with E-state index in [4.69, 9.17) is 16.3 Å². The van der Waals surface area contributed by atoms with Gasteiger partial charge in [0.25, 0.3) is 0 Å². The number of pyridine rings is 1. The van der Waals surface area contributed by atoms with E-state index in [2.05, 4.69) is 9.71 Å². The lowest BCUT2D eigenvalue weighted by Crippen LogP contribution is -2.07. The second-order valence-corrected chi connectivity index (χ2v) is 6.73. The maximum absolute atomic E-state index is 12.5. The molecule has 1 atom stereocenters. The molecule has 1 heterocycles. The number of benzene rings is 2. The number of nitrogens with zero attached hydrogens (tertiary/aromatic N) is 1. The number of rotatable bonds is 6. The SMILES string of the molecule is O=C(O)c1ccccc1Oc1ncccc1NS(=O)c1ccc(Cl)cc1. The Balaban J connectivity index is 1.86. The van der Waals surface area contributed by atoms with Crippen molar-refractivity contribution in [3.63, 3.8) is 0 Å². The van der Waals surface area contributed by atoms with Crippen molar-refractivity contribution < 1.29 is 18.8 Å². The summed E-state index contributed by atoms with van der Waals surface area (Å²) in [6.07, 6.45) is 1.50. The Morgan fingerprint density at radius 2 is 1.81 bits per heavy atom. The van der Waals surface area contributed by atoms with Gasteiger partial charge >= 0.3 is 5.97 Å². The highest BCUT2D eigenvalue weighted by Crippen LogP contribution is 2.30. The van der Waals surface area contributed by atoms with Crippen molar-refractivity contribution in [2.75, 3.05) is 4.72 Å². The van der Waals surface area contributed by atoms with Crippen LogP contribution in [0.2, 0.25) is 5.02 Å². The molecule has 0 aliphatic carbocycles. The zero-order valence-corrected chi connectivity index (χ0v) is 14.8. The summed E-state index contributed by atoms with van der Waals surface area (Å²) >= 11 is 5.84. The molecule has 0 fully saturated rings. The number of halogens is 1. The first-order valence-electron chi connectivity index (χ1n) is 7.44. The second-order valence-electron chi connectivity index (χ2n) is 5.08. The van der Waals surface area contributed by atoms with Crippen molar-refractivity contribution >= 4 is 34.2 Å². The molecular formula is C18H13ClN2O4S. The maximum Gasteiger partial charge on any atom is 0.339 e. The molecule has 0 saturated heterocycles. The number of aromatic carboxylic acids is 1. The smallest absolute Gasteiger partial charge is 0.339 e. The fourth-order valence-corrected chi connectivity index (χ4v) is 3.09. The Bertz CT molecular complexity index is 963. The zero-order chi connectivity index (χ0) is 18.5. The van der Waals surface area contributed by atoms with Gasteiger partial charge in [0.05, 0.1) is 4.90 Å². The topological polar surface area (TPSA) is 88.5 Å². The molecule has 0 bridgehead atoms. The quantitative estimate of drug-likeness (QED) is 0.655. The van der Waals surface area contributed by atoms with E-state index in [-0.39, 0.29) is 17.2 Å². The molecule has 3 aromatic rings. The van der Waals surface area contributed by atoms with Crippen molar-refractivity contribution in [3.05, 3.63) is 77.4 Å². The number of anilines is 1. The molecule has 0 aliphatic rings. The van der Waals surface area contributed by atoms with Crippen LogP contribution in [0.5, 0.6) is 11.6 Å². The first-order valence-corrected chi connectivity index (χ1v) is 8.96. The van der Waals surface area contributed by atoms with Crippen LogP contribution in [0.25, 0.3) is 0 Å². The largest absolute Gasteiger partial charge is 0.478 e. The lowest BCUT2D eigenvalue weighted by atomic mass is 10.2. The first-order chi connectivity index (χ1) is 12.5. The van der Waals surface area contributed by atoms with Crippen LogP contribution in [0.1, 0.15) is 10.4 Å². The predicted molar refractivity (Wildman–Crippen MR) is 99.2 cm³/mol. The van der Waals surface area contributed by atoms with Crippen molar-refractivity contribution in [1.29, 1.82) is 0 Å². The zero-order valence-electron chi connectivity index (χ0n) is 13.3. The van der Waals surface area contributed by atoms with E-state index in [0.29, 0.717) is 15.6 Å². The number of carboxylic acids is 1. The minimum atomic E-state index is -1.57. The first kappa shape index (κ1) is 17.9. The van der Waals surface area contributed by atoms with Crippen molar-refractivity contribution in [2.45, 2.75) is 4.90 Å². The Labute approximate surface area is 157 Å². The highest BCUT2D eigenvalue weighted by Gasteiger charge is 2.15. The molecule has 6 nitrogen and oxygen atoms in total. The molecule has 0 saturated carbocycles. The van der Waals surface area contributed by atoms with Crippen molar-refractivity contribution in [1.82, 2.24) is 4.98 Å². The van der Waals surface area contributed by atoms with Crippen LogP contribution < -0.4 is 9.46 Å². The predicted octanol–water partition coefficient (Wildman–Crippen LogP) is 4.36. The third-order valence-corrected chi connectivity index (χ3v) is 4.68. The van der Waals surface area contributed by atoms with E-state index in [0.717, 1.165) is 0 Å². The molecule has 2 N–H and O–H groups in total. The number of nitrogens with one attached hydrogen (secondary N) is 1. The molecule has 0 amide bonds. The molecule has 8 heteroatoms. The normalized spacial score (nSPS) is 11.6. The van der Waals surface area contributed by atoms with E-state index in [1.807, 2.05) is 0 Å². The Morgan fingerprint density at radius 1 is 1.08 bits per heavy atom. The lowest BCUT2D eigenvalue weighted by molar-refractivity contribution is 0.0694. The summed E-state index contributed by atoms with van der Waals surface area (Å²) in [4.78, 5) is 15.9. The van der Waals surface area contributed by atoms with Gasteiger partial charge in [0, 0.05) is 11.2 Å². The summed E-state index contributed by atoms with van der Waals surface area (Å²) in [6.45, 7) is 0. The van der Waals surface area contributed by atoms with Gasteiger partial charge < -0.3 is 9.84 Å². The van der Waals surface area contributed by atoms with Gasteiger partial charge in [0.2, 0.25) is 5.88 Å². The van der Waals surface area contributed by atoms with Crippen LogP contribution in [0.4, 0.5) is 5.69 Å². The fourth-order valence-electron chi connectivity index (χ4n) is 2.10. The Kier molecular flexibility index (Phi) is 5.50. The Morgan fingerprint density at radius 3 is 2.54 bits per heavy atom. The van der Waals surface area contributed by atoms with Crippen molar-refractivity contribution in [2.24, 2.45) is 0 Å². The Hall–Kier alpha value is -2.90. The number of hydrogen-bond acceptors (Lipinski definition) is 4. The monoisotopic (exact) mass is 388 g/mol.